The molecule has 0 saturated carbocycles. The van der Waals surface area contributed by atoms with Gasteiger partial charge < -0.3 is 5.73 Å². The van der Waals surface area contributed by atoms with Crippen molar-refractivity contribution >= 4 is 5.91 Å². The Morgan fingerprint density at radius 3 is 2.67 bits per heavy atom. The van der Waals surface area contributed by atoms with E-state index in [9.17, 15) is 4.79 Å². The predicted octanol–water partition coefficient (Wildman–Crippen LogP) is 2.80. The molecule has 0 heterocycles. The van der Waals surface area contributed by atoms with Gasteiger partial charge in [-0.1, -0.05) is 31.6 Å². The Morgan fingerprint density at radius 1 is 1.67 bits per heavy atom. The topological polar surface area (TPSA) is 43.1 Å². The summed E-state index contributed by atoms with van der Waals surface area (Å²) in [7, 11) is 0. The van der Waals surface area contributed by atoms with Crippen LogP contribution in [-0.2, 0) is 4.79 Å². The fourth-order valence-corrected chi connectivity index (χ4v) is 2.98. The number of hydrogen-bond donors (Lipinski definition) is 1. The molecule has 15 heavy (non-hydrogen) atoms. The molecule has 0 spiro atoms. The van der Waals surface area contributed by atoms with Crippen molar-refractivity contribution < 1.29 is 4.79 Å². The lowest BCUT2D eigenvalue weighted by Crippen LogP contribution is -2.34. The number of rotatable bonds is 3. The molecule has 1 atom stereocenters. The van der Waals surface area contributed by atoms with Crippen molar-refractivity contribution in [3.8, 4) is 0 Å². The first kappa shape index (κ1) is 12.0. The van der Waals surface area contributed by atoms with E-state index in [0.29, 0.717) is 6.42 Å². The van der Waals surface area contributed by atoms with Crippen LogP contribution in [-0.4, -0.2) is 5.91 Å². The molecule has 0 aromatic rings. The molecule has 0 saturated heterocycles. The Morgan fingerprint density at radius 2 is 2.27 bits per heavy atom. The fraction of sp³-hybridized carbons (Fsp3) is 0.615. The zero-order valence-corrected chi connectivity index (χ0v) is 9.97. The van der Waals surface area contributed by atoms with Crippen molar-refractivity contribution in [3.05, 3.63) is 24.3 Å². The van der Waals surface area contributed by atoms with E-state index in [2.05, 4.69) is 33.4 Å². The van der Waals surface area contributed by atoms with Crippen LogP contribution in [0.25, 0.3) is 0 Å². The van der Waals surface area contributed by atoms with Crippen molar-refractivity contribution in [3.63, 3.8) is 0 Å². The smallest absolute Gasteiger partial charge is 0.218 e. The van der Waals surface area contributed by atoms with Gasteiger partial charge in [0.05, 0.1) is 0 Å². The highest BCUT2D eigenvalue weighted by atomic mass is 16.1. The molecular formula is C13H21NO. The van der Waals surface area contributed by atoms with Gasteiger partial charge in [0.1, 0.15) is 0 Å². The summed E-state index contributed by atoms with van der Waals surface area (Å²) in [6.45, 7) is 10.4. The maximum absolute atomic E-state index is 11.1. The van der Waals surface area contributed by atoms with Gasteiger partial charge in [0, 0.05) is 11.8 Å². The minimum absolute atomic E-state index is 0.131. The molecular weight excluding hydrogens is 186 g/mol. The van der Waals surface area contributed by atoms with Crippen LogP contribution >= 0.6 is 0 Å². The summed E-state index contributed by atoms with van der Waals surface area (Å²) < 4.78 is 0. The Kier molecular flexibility index (Phi) is 3.08. The monoisotopic (exact) mass is 207 g/mol. The highest BCUT2D eigenvalue weighted by Gasteiger charge is 2.37. The third-order valence-corrected chi connectivity index (χ3v) is 3.04. The van der Waals surface area contributed by atoms with Crippen LogP contribution < -0.4 is 5.73 Å². The molecule has 0 aliphatic heterocycles. The molecule has 1 aliphatic carbocycles. The Bertz CT molecular complexity index is 314. The van der Waals surface area contributed by atoms with Crippen LogP contribution in [0.5, 0.6) is 0 Å². The van der Waals surface area contributed by atoms with Gasteiger partial charge in [0.15, 0.2) is 0 Å². The van der Waals surface area contributed by atoms with Crippen LogP contribution in [0.15, 0.2) is 24.3 Å². The summed E-state index contributed by atoms with van der Waals surface area (Å²) in [6.07, 6.45) is 6.46. The summed E-state index contributed by atoms with van der Waals surface area (Å²) in [5.41, 5.74) is 6.64. The molecule has 0 aromatic heterocycles. The normalized spacial score (nSPS) is 29.4. The van der Waals surface area contributed by atoms with E-state index < -0.39 is 0 Å². The lowest BCUT2D eigenvalue weighted by molar-refractivity contribution is -0.120. The third-order valence-electron chi connectivity index (χ3n) is 3.04. The standard InChI is InChI=1S/C13H21NO/c1-5-13(8-11(14)15)7-10(2)6-12(3,4)9-13/h5-6H,1,7-9H2,2-4H3,(H2,14,15). The molecule has 0 radical (unpaired) electrons. The molecule has 1 rings (SSSR count). The molecule has 2 N–H and O–H groups in total. The predicted molar refractivity (Wildman–Crippen MR) is 63.2 cm³/mol. The van der Waals surface area contributed by atoms with Gasteiger partial charge in [-0.2, -0.15) is 0 Å². The first-order chi connectivity index (χ1) is 6.79. The van der Waals surface area contributed by atoms with Crippen LogP contribution in [0.3, 0.4) is 0 Å². The van der Waals surface area contributed by atoms with Gasteiger partial charge in [-0.25, -0.2) is 0 Å². The van der Waals surface area contributed by atoms with Gasteiger partial charge in [-0.3, -0.25) is 4.79 Å². The van der Waals surface area contributed by atoms with Crippen molar-refractivity contribution in [1.82, 2.24) is 0 Å². The minimum atomic E-state index is -0.236. The Labute approximate surface area is 92.2 Å². The quantitative estimate of drug-likeness (QED) is 0.710. The third kappa shape index (κ3) is 2.95. The SMILES string of the molecule is C=CC1(CC(N)=O)CC(C)=CC(C)(C)C1. The van der Waals surface area contributed by atoms with E-state index >= 15 is 0 Å². The second-order valence-electron chi connectivity index (χ2n) is 5.54. The van der Waals surface area contributed by atoms with E-state index in [4.69, 9.17) is 5.73 Å². The second kappa shape index (κ2) is 3.84. The van der Waals surface area contributed by atoms with Crippen molar-refractivity contribution in [2.45, 2.75) is 40.0 Å². The molecule has 84 valence electrons. The number of allylic oxidation sites excluding steroid dienone is 3. The molecule has 0 bridgehead atoms. The average molecular weight is 207 g/mol. The van der Waals surface area contributed by atoms with Gasteiger partial charge in [-0.05, 0) is 25.2 Å². The first-order valence-corrected chi connectivity index (χ1v) is 5.39. The van der Waals surface area contributed by atoms with Gasteiger partial charge in [0.2, 0.25) is 5.91 Å². The summed E-state index contributed by atoms with van der Waals surface area (Å²) in [4.78, 5) is 11.1. The van der Waals surface area contributed by atoms with Crippen molar-refractivity contribution in [1.29, 1.82) is 0 Å². The van der Waals surface area contributed by atoms with Crippen molar-refractivity contribution in [2.75, 3.05) is 0 Å². The first-order valence-electron chi connectivity index (χ1n) is 5.39. The fourth-order valence-electron chi connectivity index (χ4n) is 2.98. The summed E-state index contributed by atoms with van der Waals surface area (Å²) in [5.74, 6) is -0.236. The highest BCUT2D eigenvalue weighted by molar-refractivity contribution is 5.75. The van der Waals surface area contributed by atoms with Gasteiger partial charge in [-0.15, -0.1) is 6.58 Å². The van der Waals surface area contributed by atoms with Crippen molar-refractivity contribution in [2.24, 2.45) is 16.6 Å². The number of primary amides is 1. The lowest BCUT2D eigenvalue weighted by Gasteiger charge is -2.41. The molecule has 2 heteroatoms. The van der Waals surface area contributed by atoms with E-state index in [1.54, 1.807) is 0 Å². The largest absolute Gasteiger partial charge is 0.370 e. The number of amides is 1. The highest BCUT2D eigenvalue weighted by Crippen LogP contribution is 2.47. The Balaban J connectivity index is 2.99. The van der Waals surface area contributed by atoms with Crippen LogP contribution in [0.1, 0.15) is 40.0 Å². The summed E-state index contributed by atoms with van der Waals surface area (Å²) >= 11 is 0. The maximum Gasteiger partial charge on any atom is 0.218 e. The van der Waals surface area contributed by atoms with E-state index in [1.165, 1.54) is 5.57 Å². The summed E-state index contributed by atoms with van der Waals surface area (Å²) in [5, 5.41) is 0. The van der Waals surface area contributed by atoms with Crippen LogP contribution in [0, 0.1) is 10.8 Å². The van der Waals surface area contributed by atoms with E-state index in [0.717, 1.165) is 12.8 Å². The lowest BCUT2D eigenvalue weighted by atomic mass is 9.63. The number of hydrogen-bond acceptors (Lipinski definition) is 1. The number of nitrogens with two attached hydrogens (primary N) is 1. The molecule has 0 fully saturated rings. The molecule has 2 nitrogen and oxygen atoms in total. The second-order valence-corrected chi connectivity index (χ2v) is 5.54. The Hall–Kier alpha value is -1.05. The van der Waals surface area contributed by atoms with Gasteiger partial charge in [0.25, 0.3) is 0 Å². The molecule has 1 aliphatic rings. The number of carbonyl (C=O) groups excluding carboxylic acids is 1. The van der Waals surface area contributed by atoms with E-state index in [1.807, 2.05) is 6.08 Å². The molecule has 0 aromatic carbocycles. The van der Waals surface area contributed by atoms with Crippen LogP contribution in [0.4, 0.5) is 0 Å². The molecule has 1 unspecified atom stereocenters. The van der Waals surface area contributed by atoms with Gasteiger partial charge >= 0.3 is 0 Å². The number of carbonyl (C=O) groups is 1. The maximum atomic E-state index is 11.1. The zero-order valence-electron chi connectivity index (χ0n) is 9.97. The van der Waals surface area contributed by atoms with Crippen LogP contribution in [0.2, 0.25) is 0 Å². The summed E-state index contributed by atoms with van der Waals surface area (Å²) in [6, 6.07) is 0. The molecule has 1 amide bonds. The minimum Gasteiger partial charge on any atom is -0.370 e. The zero-order chi connectivity index (χ0) is 11.7. The average Bonchev–Trinajstić information content (AvgIpc) is 1.98. The van der Waals surface area contributed by atoms with E-state index in [-0.39, 0.29) is 16.7 Å².